The largest absolute Gasteiger partial charge is 0.369 e. The highest BCUT2D eigenvalue weighted by Gasteiger charge is 2.15. The Hall–Kier alpha value is -2.15. The fourth-order valence-electron chi connectivity index (χ4n) is 2.62. The molecular formula is C16H20N4O2S. The van der Waals surface area contributed by atoms with Crippen molar-refractivity contribution in [2.45, 2.75) is 17.7 Å². The summed E-state index contributed by atoms with van der Waals surface area (Å²) in [4.78, 5) is 11.0. The molecule has 0 bridgehead atoms. The molecule has 2 heterocycles. The van der Waals surface area contributed by atoms with E-state index in [0.717, 1.165) is 18.9 Å². The maximum Gasteiger partial charge on any atom is 0.180 e. The SMILES string of the molecule is O=S(=O)(CCNc1cc(N2CCCC2)ncn1)c1ccccc1. The molecule has 6 nitrogen and oxygen atoms in total. The number of anilines is 2. The van der Waals surface area contributed by atoms with E-state index in [4.69, 9.17) is 0 Å². The molecule has 1 saturated heterocycles. The number of aromatic nitrogens is 2. The highest BCUT2D eigenvalue weighted by atomic mass is 32.2. The second-order valence-corrected chi connectivity index (χ2v) is 7.62. The Morgan fingerprint density at radius 2 is 1.83 bits per heavy atom. The highest BCUT2D eigenvalue weighted by Crippen LogP contribution is 2.19. The van der Waals surface area contributed by atoms with Crippen LogP contribution in [-0.2, 0) is 9.84 Å². The van der Waals surface area contributed by atoms with Crippen molar-refractivity contribution in [3.05, 3.63) is 42.7 Å². The third-order valence-corrected chi connectivity index (χ3v) is 5.59. The maximum atomic E-state index is 12.2. The average Bonchev–Trinajstić information content (AvgIpc) is 3.10. The van der Waals surface area contributed by atoms with E-state index in [1.165, 1.54) is 19.2 Å². The topological polar surface area (TPSA) is 75.2 Å². The molecule has 1 aliphatic heterocycles. The Balaban J connectivity index is 1.59. The normalized spacial score (nSPS) is 14.9. The molecule has 0 radical (unpaired) electrons. The van der Waals surface area contributed by atoms with E-state index >= 15 is 0 Å². The number of nitrogens with zero attached hydrogens (tertiary/aromatic N) is 3. The van der Waals surface area contributed by atoms with E-state index in [1.807, 2.05) is 6.07 Å². The fraction of sp³-hybridized carbons (Fsp3) is 0.375. The Bertz CT molecular complexity index is 744. The molecule has 1 fully saturated rings. The molecule has 1 aromatic carbocycles. The molecule has 1 N–H and O–H groups in total. The standard InChI is InChI=1S/C16H20N4O2S/c21-23(22,14-6-2-1-3-7-14)11-8-17-15-12-16(19-13-18-15)20-9-4-5-10-20/h1-3,6-7,12-13H,4-5,8-11H2,(H,17,18,19). The van der Waals surface area contributed by atoms with Crippen LogP contribution in [0.5, 0.6) is 0 Å². The van der Waals surface area contributed by atoms with Gasteiger partial charge in [0.15, 0.2) is 9.84 Å². The lowest BCUT2D eigenvalue weighted by atomic mass is 10.4. The minimum absolute atomic E-state index is 0.0278. The minimum Gasteiger partial charge on any atom is -0.369 e. The molecule has 0 amide bonds. The van der Waals surface area contributed by atoms with Crippen molar-refractivity contribution in [1.29, 1.82) is 0 Å². The van der Waals surface area contributed by atoms with Gasteiger partial charge in [-0.3, -0.25) is 0 Å². The summed E-state index contributed by atoms with van der Waals surface area (Å²) in [5, 5.41) is 3.08. The van der Waals surface area contributed by atoms with Gasteiger partial charge in [0.2, 0.25) is 0 Å². The molecular weight excluding hydrogens is 312 g/mol. The minimum atomic E-state index is -3.27. The van der Waals surface area contributed by atoms with Gasteiger partial charge in [-0.05, 0) is 25.0 Å². The summed E-state index contributed by atoms with van der Waals surface area (Å²) >= 11 is 0. The Morgan fingerprint density at radius 1 is 1.09 bits per heavy atom. The van der Waals surface area contributed by atoms with Crippen LogP contribution in [0.25, 0.3) is 0 Å². The van der Waals surface area contributed by atoms with E-state index < -0.39 is 9.84 Å². The van der Waals surface area contributed by atoms with Crippen molar-refractivity contribution < 1.29 is 8.42 Å². The van der Waals surface area contributed by atoms with E-state index in [9.17, 15) is 8.42 Å². The Labute approximate surface area is 136 Å². The maximum absolute atomic E-state index is 12.2. The van der Waals surface area contributed by atoms with Gasteiger partial charge in [-0.25, -0.2) is 18.4 Å². The highest BCUT2D eigenvalue weighted by molar-refractivity contribution is 7.91. The number of hydrogen-bond donors (Lipinski definition) is 1. The van der Waals surface area contributed by atoms with Crippen LogP contribution in [-0.4, -0.2) is 43.8 Å². The zero-order valence-electron chi connectivity index (χ0n) is 12.9. The first kappa shape index (κ1) is 15.7. The Kier molecular flexibility index (Phi) is 4.76. The smallest absolute Gasteiger partial charge is 0.180 e. The fourth-order valence-corrected chi connectivity index (χ4v) is 3.80. The quantitative estimate of drug-likeness (QED) is 0.871. The number of hydrogen-bond acceptors (Lipinski definition) is 6. The van der Waals surface area contributed by atoms with Gasteiger partial charge in [-0.1, -0.05) is 18.2 Å². The van der Waals surface area contributed by atoms with Crippen molar-refractivity contribution in [3.8, 4) is 0 Å². The van der Waals surface area contributed by atoms with Gasteiger partial charge in [-0.2, -0.15) is 0 Å². The molecule has 0 saturated carbocycles. The van der Waals surface area contributed by atoms with Gasteiger partial charge in [0, 0.05) is 25.7 Å². The first-order chi connectivity index (χ1) is 11.1. The summed E-state index contributed by atoms with van der Waals surface area (Å²) in [6.45, 7) is 2.34. The predicted molar refractivity (Wildman–Crippen MR) is 90.5 cm³/mol. The second kappa shape index (κ2) is 6.95. The van der Waals surface area contributed by atoms with Crippen LogP contribution in [0, 0.1) is 0 Å². The van der Waals surface area contributed by atoms with E-state index in [2.05, 4.69) is 20.2 Å². The van der Waals surface area contributed by atoms with Crippen molar-refractivity contribution in [1.82, 2.24) is 9.97 Å². The Morgan fingerprint density at radius 3 is 2.57 bits per heavy atom. The summed E-state index contributed by atoms with van der Waals surface area (Å²) in [5.41, 5.74) is 0. The molecule has 0 atom stereocenters. The summed E-state index contributed by atoms with van der Waals surface area (Å²) in [6.07, 6.45) is 3.88. The zero-order valence-corrected chi connectivity index (χ0v) is 13.7. The van der Waals surface area contributed by atoms with E-state index in [-0.39, 0.29) is 5.75 Å². The van der Waals surface area contributed by atoms with Crippen LogP contribution in [0.1, 0.15) is 12.8 Å². The van der Waals surface area contributed by atoms with Crippen LogP contribution in [0.4, 0.5) is 11.6 Å². The number of sulfone groups is 1. The van der Waals surface area contributed by atoms with E-state index in [0.29, 0.717) is 17.3 Å². The summed E-state index contributed by atoms with van der Waals surface area (Å²) in [6, 6.07) is 10.4. The first-order valence-electron chi connectivity index (χ1n) is 7.74. The van der Waals surface area contributed by atoms with Crippen LogP contribution < -0.4 is 10.2 Å². The van der Waals surface area contributed by atoms with Gasteiger partial charge >= 0.3 is 0 Å². The van der Waals surface area contributed by atoms with Gasteiger partial charge in [0.05, 0.1) is 10.6 Å². The van der Waals surface area contributed by atoms with Crippen molar-refractivity contribution in [3.63, 3.8) is 0 Å². The van der Waals surface area contributed by atoms with Gasteiger partial charge in [-0.15, -0.1) is 0 Å². The molecule has 3 rings (SSSR count). The lowest BCUT2D eigenvalue weighted by molar-refractivity contribution is 0.596. The van der Waals surface area contributed by atoms with Crippen LogP contribution in [0.2, 0.25) is 0 Å². The van der Waals surface area contributed by atoms with Crippen LogP contribution >= 0.6 is 0 Å². The molecule has 0 unspecified atom stereocenters. The molecule has 2 aromatic rings. The molecule has 122 valence electrons. The number of nitrogens with one attached hydrogen (secondary N) is 1. The van der Waals surface area contributed by atoms with Gasteiger partial charge in [0.25, 0.3) is 0 Å². The third-order valence-electron chi connectivity index (χ3n) is 3.86. The molecule has 23 heavy (non-hydrogen) atoms. The van der Waals surface area contributed by atoms with E-state index in [1.54, 1.807) is 30.3 Å². The summed E-state index contributed by atoms with van der Waals surface area (Å²) < 4.78 is 24.4. The predicted octanol–water partition coefficient (Wildman–Crippen LogP) is 1.96. The molecule has 1 aliphatic rings. The average molecular weight is 332 g/mol. The van der Waals surface area contributed by atoms with Crippen molar-refractivity contribution >= 4 is 21.5 Å². The molecule has 0 aliphatic carbocycles. The molecule has 1 aromatic heterocycles. The summed E-state index contributed by atoms with van der Waals surface area (Å²) in [5.74, 6) is 1.58. The second-order valence-electron chi connectivity index (χ2n) is 5.51. The first-order valence-corrected chi connectivity index (χ1v) is 9.39. The van der Waals surface area contributed by atoms with Gasteiger partial charge in [0.1, 0.15) is 18.0 Å². The monoisotopic (exact) mass is 332 g/mol. The van der Waals surface area contributed by atoms with Crippen LogP contribution in [0.15, 0.2) is 47.6 Å². The molecule has 7 heteroatoms. The zero-order chi connectivity index (χ0) is 16.1. The summed E-state index contributed by atoms with van der Waals surface area (Å²) in [7, 11) is -3.27. The van der Waals surface area contributed by atoms with Crippen LogP contribution in [0.3, 0.4) is 0 Å². The van der Waals surface area contributed by atoms with Gasteiger partial charge < -0.3 is 10.2 Å². The number of benzene rings is 1. The third kappa shape index (κ3) is 3.98. The lowest BCUT2D eigenvalue weighted by Crippen LogP contribution is -2.20. The lowest BCUT2D eigenvalue weighted by Gasteiger charge is -2.16. The van der Waals surface area contributed by atoms with Crippen molar-refractivity contribution in [2.75, 3.05) is 35.6 Å². The number of rotatable bonds is 6. The molecule has 0 spiro atoms. The van der Waals surface area contributed by atoms with Crippen molar-refractivity contribution in [2.24, 2.45) is 0 Å².